The van der Waals surface area contributed by atoms with Gasteiger partial charge in [0.25, 0.3) is 0 Å². The summed E-state index contributed by atoms with van der Waals surface area (Å²) in [4.78, 5) is 8.03. The number of thioether (sulfide) groups is 1. The predicted octanol–water partition coefficient (Wildman–Crippen LogP) is 2.07. The van der Waals surface area contributed by atoms with Crippen LogP contribution >= 0.6 is 23.4 Å². The van der Waals surface area contributed by atoms with E-state index in [2.05, 4.69) is 9.97 Å². The highest BCUT2D eigenvalue weighted by Crippen LogP contribution is 2.13. The van der Waals surface area contributed by atoms with Gasteiger partial charge in [-0.25, -0.2) is 9.97 Å². The van der Waals surface area contributed by atoms with E-state index in [0.29, 0.717) is 16.7 Å². The van der Waals surface area contributed by atoms with Crippen LogP contribution in [0.2, 0.25) is 0 Å². The lowest BCUT2D eigenvalue weighted by molar-refractivity contribution is 0.948. The number of halogens is 1. The van der Waals surface area contributed by atoms with Gasteiger partial charge in [-0.3, -0.25) is 0 Å². The first-order valence-electron chi connectivity index (χ1n) is 3.78. The molecule has 0 saturated heterocycles. The van der Waals surface area contributed by atoms with Gasteiger partial charge in [-0.1, -0.05) is 11.8 Å². The third kappa shape index (κ3) is 3.62. The summed E-state index contributed by atoms with van der Waals surface area (Å²) in [5, 5.41) is 9.21. The van der Waals surface area contributed by atoms with Gasteiger partial charge in [0.1, 0.15) is 11.8 Å². The van der Waals surface area contributed by atoms with Gasteiger partial charge in [-0.2, -0.15) is 5.26 Å². The number of alkyl halides is 1. The number of nitriles is 1. The van der Waals surface area contributed by atoms with Crippen LogP contribution in [-0.2, 0) is 0 Å². The molecule has 0 amide bonds. The van der Waals surface area contributed by atoms with E-state index in [1.807, 2.05) is 6.07 Å². The summed E-state index contributed by atoms with van der Waals surface area (Å²) in [6.45, 7) is 0. The van der Waals surface area contributed by atoms with Crippen LogP contribution in [0.4, 0.5) is 0 Å². The quantitative estimate of drug-likeness (QED) is 0.333. The Morgan fingerprint density at radius 3 is 3.15 bits per heavy atom. The number of hydrogen-bond donors (Lipinski definition) is 0. The van der Waals surface area contributed by atoms with Crippen molar-refractivity contribution in [1.82, 2.24) is 9.97 Å². The Morgan fingerprint density at radius 1 is 1.62 bits per heavy atom. The molecule has 0 saturated carbocycles. The van der Waals surface area contributed by atoms with E-state index >= 15 is 0 Å². The first-order valence-corrected chi connectivity index (χ1v) is 5.30. The molecule has 5 heteroatoms. The lowest BCUT2D eigenvalue weighted by Crippen LogP contribution is -1.90. The van der Waals surface area contributed by atoms with Crippen LogP contribution in [0.15, 0.2) is 17.4 Å². The maximum Gasteiger partial charge on any atom is 0.188 e. The minimum atomic E-state index is 0.406. The monoisotopic (exact) mass is 213 g/mol. The first-order chi connectivity index (χ1) is 6.36. The van der Waals surface area contributed by atoms with Crippen LogP contribution in [0.25, 0.3) is 0 Å². The lowest BCUT2D eigenvalue weighted by atomic mass is 10.5. The highest BCUT2D eigenvalue weighted by Gasteiger charge is 1.98. The summed E-state index contributed by atoms with van der Waals surface area (Å²) in [7, 11) is 0. The van der Waals surface area contributed by atoms with Crippen LogP contribution in [-0.4, -0.2) is 21.6 Å². The molecule has 1 aromatic heterocycles. The summed E-state index contributed by atoms with van der Waals surface area (Å²) >= 11 is 7.04. The SMILES string of the molecule is N#Cc1ccnc(SCCCCl)n1. The number of aromatic nitrogens is 2. The molecule has 0 fully saturated rings. The number of rotatable bonds is 4. The molecule has 0 aliphatic rings. The molecule has 0 unspecified atom stereocenters. The fourth-order valence-electron chi connectivity index (χ4n) is 0.691. The zero-order valence-electron chi connectivity index (χ0n) is 6.90. The van der Waals surface area contributed by atoms with E-state index < -0.39 is 0 Å². The fraction of sp³-hybridized carbons (Fsp3) is 0.375. The second-order valence-electron chi connectivity index (χ2n) is 2.23. The zero-order valence-corrected chi connectivity index (χ0v) is 8.48. The largest absolute Gasteiger partial charge is 0.231 e. The molecule has 0 atom stereocenters. The second kappa shape index (κ2) is 5.79. The highest BCUT2D eigenvalue weighted by molar-refractivity contribution is 7.99. The minimum Gasteiger partial charge on any atom is -0.231 e. The Labute approximate surface area is 86.1 Å². The summed E-state index contributed by atoms with van der Waals surface area (Å²) in [5.41, 5.74) is 0.406. The van der Waals surface area contributed by atoms with Crippen molar-refractivity contribution in [3.05, 3.63) is 18.0 Å². The summed E-state index contributed by atoms with van der Waals surface area (Å²) in [6, 6.07) is 3.56. The molecule has 0 aromatic carbocycles. The van der Waals surface area contributed by atoms with Crippen LogP contribution < -0.4 is 0 Å². The van der Waals surface area contributed by atoms with E-state index in [0.717, 1.165) is 12.2 Å². The molecule has 0 aliphatic carbocycles. The molecule has 1 heterocycles. The molecule has 68 valence electrons. The third-order valence-corrected chi connectivity index (χ3v) is 2.47. The van der Waals surface area contributed by atoms with Crippen LogP contribution in [0.3, 0.4) is 0 Å². The molecule has 13 heavy (non-hydrogen) atoms. The van der Waals surface area contributed by atoms with Gasteiger partial charge >= 0.3 is 0 Å². The zero-order chi connectivity index (χ0) is 9.52. The van der Waals surface area contributed by atoms with Crippen molar-refractivity contribution in [1.29, 1.82) is 5.26 Å². The Hall–Kier alpha value is -0.790. The van der Waals surface area contributed by atoms with Crippen molar-refractivity contribution < 1.29 is 0 Å². The summed E-state index contributed by atoms with van der Waals surface area (Å²) in [6.07, 6.45) is 2.51. The number of nitrogens with zero attached hydrogens (tertiary/aromatic N) is 3. The van der Waals surface area contributed by atoms with Gasteiger partial charge < -0.3 is 0 Å². The smallest absolute Gasteiger partial charge is 0.188 e. The predicted molar refractivity (Wildman–Crippen MR) is 52.8 cm³/mol. The maximum absolute atomic E-state index is 8.56. The highest BCUT2D eigenvalue weighted by atomic mass is 35.5. The van der Waals surface area contributed by atoms with E-state index in [1.165, 1.54) is 11.8 Å². The second-order valence-corrected chi connectivity index (χ2v) is 3.67. The van der Waals surface area contributed by atoms with Crippen molar-refractivity contribution in [2.75, 3.05) is 11.6 Å². The average molecular weight is 214 g/mol. The Morgan fingerprint density at radius 2 is 2.46 bits per heavy atom. The molecule has 3 nitrogen and oxygen atoms in total. The van der Waals surface area contributed by atoms with Crippen LogP contribution in [0, 0.1) is 11.3 Å². The molecular formula is C8H8ClN3S. The van der Waals surface area contributed by atoms with Gasteiger partial charge in [0.2, 0.25) is 0 Å². The molecule has 0 N–H and O–H groups in total. The molecule has 1 aromatic rings. The Kier molecular flexibility index (Phi) is 4.58. The maximum atomic E-state index is 8.56. The van der Waals surface area contributed by atoms with Crippen molar-refractivity contribution in [3.8, 4) is 6.07 Å². The standard InChI is InChI=1S/C8H8ClN3S/c9-3-1-5-13-8-11-4-2-7(6-10)12-8/h2,4H,1,3,5H2. The molecule has 0 bridgehead atoms. The molecule has 0 spiro atoms. The number of hydrogen-bond acceptors (Lipinski definition) is 4. The van der Waals surface area contributed by atoms with Crippen LogP contribution in [0.1, 0.15) is 12.1 Å². The van der Waals surface area contributed by atoms with E-state index in [-0.39, 0.29) is 0 Å². The van der Waals surface area contributed by atoms with Gasteiger partial charge in [0.05, 0.1) is 0 Å². The minimum absolute atomic E-state index is 0.406. The van der Waals surface area contributed by atoms with E-state index in [1.54, 1.807) is 12.3 Å². The van der Waals surface area contributed by atoms with Crippen molar-refractivity contribution in [2.24, 2.45) is 0 Å². The Balaban J connectivity index is 2.52. The average Bonchev–Trinajstić information content (AvgIpc) is 2.19. The molecule has 1 rings (SSSR count). The third-order valence-electron chi connectivity index (χ3n) is 1.26. The lowest BCUT2D eigenvalue weighted by Gasteiger charge is -1.97. The first kappa shape index (κ1) is 10.3. The molecule has 0 aliphatic heterocycles. The van der Waals surface area contributed by atoms with E-state index in [9.17, 15) is 0 Å². The topological polar surface area (TPSA) is 49.6 Å². The normalized spacial score (nSPS) is 9.54. The summed E-state index contributed by atoms with van der Waals surface area (Å²) < 4.78 is 0. The summed E-state index contributed by atoms with van der Waals surface area (Å²) in [5.74, 6) is 1.53. The molecular weight excluding hydrogens is 206 g/mol. The van der Waals surface area contributed by atoms with Gasteiger partial charge in [0.15, 0.2) is 5.16 Å². The van der Waals surface area contributed by atoms with Gasteiger partial charge in [-0.15, -0.1) is 11.6 Å². The van der Waals surface area contributed by atoms with Crippen molar-refractivity contribution in [3.63, 3.8) is 0 Å². The fourth-order valence-corrected chi connectivity index (χ4v) is 1.75. The van der Waals surface area contributed by atoms with Crippen molar-refractivity contribution >= 4 is 23.4 Å². The van der Waals surface area contributed by atoms with Crippen molar-refractivity contribution in [2.45, 2.75) is 11.6 Å². The van der Waals surface area contributed by atoms with Gasteiger partial charge in [-0.05, 0) is 12.5 Å². The molecule has 0 radical (unpaired) electrons. The van der Waals surface area contributed by atoms with E-state index in [4.69, 9.17) is 16.9 Å². The van der Waals surface area contributed by atoms with Crippen LogP contribution in [0.5, 0.6) is 0 Å². The Bertz CT molecular complexity index is 311. The van der Waals surface area contributed by atoms with Gasteiger partial charge in [0, 0.05) is 17.8 Å².